The molecule has 3 rings (SSSR count). The quantitative estimate of drug-likeness (QED) is 0.809. The molecule has 1 aliphatic heterocycles. The molecular formula is C17H17ClN2O5S. The molecule has 9 heteroatoms. The summed E-state index contributed by atoms with van der Waals surface area (Å²) in [6, 6.07) is 11.5. The van der Waals surface area contributed by atoms with Crippen molar-refractivity contribution in [1.82, 2.24) is 5.32 Å². The Labute approximate surface area is 156 Å². The number of nitrogens with one attached hydrogen (secondary N) is 1. The average molecular weight is 397 g/mol. The van der Waals surface area contributed by atoms with Gasteiger partial charge in [-0.05, 0) is 30.3 Å². The Balaban J connectivity index is 1.67. The molecule has 7 nitrogen and oxygen atoms in total. The van der Waals surface area contributed by atoms with Gasteiger partial charge in [-0.15, -0.1) is 0 Å². The molecule has 1 amide bonds. The van der Waals surface area contributed by atoms with Crippen molar-refractivity contribution >= 4 is 33.2 Å². The summed E-state index contributed by atoms with van der Waals surface area (Å²) in [4.78, 5) is 12.3. The number of halogens is 1. The number of ether oxygens (including phenoxy) is 2. The highest BCUT2D eigenvalue weighted by Crippen LogP contribution is 2.32. The lowest BCUT2D eigenvalue weighted by molar-refractivity contribution is 0.0954. The molecule has 138 valence electrons. The summed E-state index contributed by atoms with van der Waals surface area (Å²) >= 11 is 6.10. The zero-order valence-electron chi connectivity index (χ0n) is 13.9. The number of fused-ring (bicyclic) bond motifs is 1. The highest BCUT2D eigenvalue weighted by molar-refractivity contribution is 7.92. The van der Waals surface area contributed by atoms with Gasteiger partial charge in [0.1, 0.15) is 0 Å². The van der Waals surface area contributed by atoms with E-state index in [1.165, 1.54) is 0 Å². The Morgan fingerprint density at radius 3 is 2.65 bits per heavy atom. The summed E-state index contributed by atoms with van der Waals surface area (Å²) in [5, 5.41) is 3.02. The summed E-state index contributed by atoms with van der Waals surface area (Å²) in [5.41, 5.74) is 0.770. The van der Waals surface area contributed by atoms with Gasteiger partial charge in [-0.25, -0.2) is 8.42 Å². The van der Waals surface area contributed by atoms with Crippen molar-refractivity contribution in [2.75, 3.05) is 30.4 Å². The molecule has 0 fully saturated rings. The maximum Gasteiger partial charge on any atom is 0.251 e. The lowest BCUT2D eigenvalue weighted by Crippen LogP contribution is -2.38. The Morgan fingerprint density at radius 2 is 1.92 bits per heavy atom. The number of carbonyl (C=O) groups excluding carboxylic acids is 1. The zero-order chi connectivity index (χ0) is 18.7. The monoisotopic (exact) mass is 396 g/mol. The number of rotatable bonds is 6. The lowest BCUT2D eigenvalue weighted by atomic mass is 10.2. The van der Waals surface area contributed by atoms with Gasteiger partial charge < -0.3 is 14.8 Å². The standard InChI is InChI=1S/C17H17ClN2O5S/c1-26(22,23)20(14-5-3-2-4-13(14)18)9-8-19-17(21)12-6-7-15-16(10-12)25-11-24-15/h2-7,10H,8-9,11H2,1H3,(H,19,21). The molecule has 1 N–H and O–H groups in total. The molecule has 0 saturated heterocycles. The van der Waals surface area contributed by atoms with Gasteiger partial charge in [0.25, 0.3) is 5.91 Å². The van der Waals surface area contributed by atoms with Crippen LogP contribution < -0.4 is 19.1 Å². The SMILES string of the molecule is CS(=O)(=O)N(CCNC(=O)c1ccc2c(c1)OCO2)c1ccccc1Cl. The second-order valence-electron chi connectivity index (χ2n) is 5.61. The van der Waals surface area contributed by atoms with E-state index in [1.807, 2.05) is 0 Å². The average Bonchev–Trinajstić information content (AvgIpc) is 3.06. The van der Waals surface area contributed by atoms with Crippen LogP contribution in [-0.4, -0.2) is 40.5 Å². The van der Waals surface area contributed by atoms with Gasteiger partial charge in [0.15, 0.2) is 11.5 Å². The Bertz CT molecular complexity index is 933. The fourth-order valence-electron chi connectivity index (χ4n) is 2.53. The fraction of sp³-hybridized carbons (Fsp3) is 0.235. The van der Waals surface area contributed by atoms with E-state index in [0.29, 0.717) is 27.8 Å². The van der Waals surface area contributed by atoms with Gasteiger partial charge in [0.05, 0.1) is 23.5 Å². The van der Waals surface area contributed by atoms with E-state index < -0.39 is 10.0 Å². The smallest absolute Gasteiger partial charge is 0.251 e. The van der Waals surface area contributed by atoms with E-state index in [9.17, 15) is 13.2 Å². The molecule has 0 spiro atoms. The van der Waals surface area contributed by atoms with Crippen molar-refractivity contribution in [3.8, 4) is 11.5 Å². The van der Waals surface area contributed by atoms with Crippen molar-refractivity contribution in [2.24, 2.45) is 0 Å². The lowest BCUT2D eigenvalue weighted by Gasteiger charge is -2.23. The van der Waals surface area contributed by atoms with Crippen LogP contribution in [0.2, 0.25) is 5.02 Å². The Morgan fingerprint density at radius 1 is 1.19 bits per heavy atom. The normalized spacial score (nSPS) is 12.7. The molecule has 0 atom stereocenters. The maximum absolute atomic E-state index is 12.3. The maximum atomic E-state index is 12.3. The summed E-state index contributed by atoms with van der Waals surface area (Å²) in [6.07, 6.45) is 1.09. The van der Waals surface area contributed by atoms with E-state index in [1.54, 1.807) is 42.5 Å². The van der Waals surface area contributed by atoms with Crippen molar-refractivity contribution in [3.63, 3.8) is 0 Å². The number of anilines is 1. The molecule has 0 saturated carbocycles. The van der Waals surface area contributed by atoms with Gasteiger partial charge in [-0.1, -0.05) is 23.7 Å². The molecule has 1 heterocycles. The van der Waals surface area contributed by atoms with Crippen LogP contribution in [0.25, 0.3) is 0 Å². The fourth-order valence-corrected chi connectivity index (χ4v) is 3.76. The van der Waals surface area contributed by atoms with Gasteiger partial charge in [-0.2, -0.15) is 0 Å². The molecule has 0 radical (unpaired) electrons. The van der Waals surface area contributed by atoms with E-state index in [-0.39, 0.29) is 25.8 Å². The number of hydrogen-bond donors (Lipinski definition) is 1. The van der Waals surface area contributed by atoms with Crippen molar-refractivity contribution in [2.45, 2.75) is 0 Å². The van der Waals surface area contributed by atoms with E-state index in [4.69, 9.17) is 21.1 Å². The predicted molar refractivity (Wildman–Crippen MR) is 98.5 cm³/mol. The molecular weight excluding hydrogens is 380 g/mol. The first-order valence-corrected chi connectivity index (χ1v) is 9.99. The van der Waals surface area contributed by atoms with Gasteiger partial charge in [0.2, 0.25) is 16.8 Å². The van der Waals surface area contributed by atoms with Crippen molar-refractivity contribution in [1.29, 1.82) is 0 Å². The molecule has 1 aliphatic rings. The third-order valence-corrected chi connectivity index (χ3v) is 5.26. The Hall–Kier alpha value is -2.45. The number of hydrogen-bond acceptors (Lipinski definition) is 5. The summed E-state index contributed by atoms with van der Waals surface area (Å²) in [5.74, 6) is 0.755. The molecule has 0 aromatic heterocycles. The number of amides is 1. The van der Waals surface area contributed by atoms with Gasteiger partial charge in [0, 0.05) is 12.1 Å². The van der Waals surface area contributed by atoms with Crippen molar-refractivity contribution in [3.05, 3.63) is 53.1 Å². The van der Waals surface area contributed by atoms with Crippen molar-refractivity contribution < 1.29 is 22.7 Å². The van der Waals surface area contributed by atoms with Crippen LogP contribution in [0.15, 0.2) is 42.5 Å². The first-order chi connectivity index (χ1) is 12.4. The molecule has 0 bridgehead atoms. The molecule has 26 heavy (non-hydrogen) atoms. The number of para-hydroxylation sites is 1. The zero-order valence-corrected chi connectivity index (χ0v) is 15.5. The van der Waals surface area contributed by atoms with Gasteiger partial charge >= 0.3 is 0 Å². The third-order valence-electron chi connectivity index (χ3n) is 3.76. The highest BCUT2D eigenvalue weighted by Gasteiger charge is 2.20. The minimum atomic E-state index is -3.55. The first kappa shape index (κ1) is 18.3. The third kappa shape index (κ3) is 4.03. The second kappa shape index (κ2) is 7.43. The number of benzene rings is 2. The topological polar surface area (TPSA) is 84.9 Å². The minimum Gasteiger partial charge on any atom is -0.454 e. The van der Waals surface area contributed by atoms with Crippen LogP contribution in [0, 0.1) is 0 Å². The Kier molecular flexibility index (Phi) is 5.24. The molecule has 2 aromatic rings. The second-order valence-corrected chi connectivity index (χ2v) is 7.92. The minimum absolute atomic E-state index is 0.0544. The van der Waals surface area contributed by atoms with Crippen LogP contribution in [0.3, 0.4) is 0 Å². The predicted octanol–water partition coefficient (Wildman–Crippen LogP) is 2.26. The van der Waals surface area contributed by atoms with Crippen LogP contribution in [0.4, 0.5) is 5.69 Å². The summed E-state index contributed by atoms with van der Waals surface area (Å²) in [7, 11) is -3.55. The number of sulfonamides is 1. The largest absolute Gasteiger partial charge is 0.454 e. The molecule has 0 aliphatic carbocycles. The van der Waals surface area contributed by atoms with Gasteiger partial charge in [-0.3, -0.25) is 9.10 Å². The van der Waals surface area contributed by atoms with Crippen LogP contribution in [0.1, 0.15) is 10.4 Å². The molecule has 2 aromatic carbocycles. The van der Waals surface area contributed by atoms with Crippen LogP contribution >= 0.6 is 11.6 Å². The first-order valence-electron chi connectivity index (χ1n) is 7.76. The summed E-state index contributed by atoms with van der Waals surface area (Å²) in [6.45, 7) is 0.298. The summed E-state index contributed by atoms with van der Waals surface area (Å²) < 4.78 is 35.8. The van der Waals surface area contributed by atoms with Crippen LogP contribution in [-0.2, 0) is 10.0 Å². The number of carbonyl (C=O) groups is 1. The van der Waals surface area contributed by atoms with Crippen LogP contribution in [0.5, 0.6) is 11.5 Å². The van der Waals surface area contributed by atoms with E-state index in [0.717, 1.165) is 10.6 Å². The van der Waals surface area contributed by atoms with E-state index >= 15 is 0 Å². The molecule has 0 unspecified atom stereocenters. The highest BCUT2D eigenvalue weighted by atomic mass is 35.5. The van der Waals surface area contributed by atoms with E-state index in [2.05, 4.69) is 5.32 Å². The number of nitrogens with zero attached hydrogens (tertiary/aromatic N) is 1.